The first-order valence-corrected chi connectivity index (χ1v) is 9.52. The Labute approximate surface area is 167 Å². The first kappa shape index (κ1) is 21.6. The normalized spacial score (nSPS) is 13.6. The van der Waals surface area contributed by atoms with Crippen LogP contribution in [0.15, 0.2) is 84.5 Å². The molecule has 2 heteroatoms. The molecule has 0 heterocycles. The highest BCUT2D eigenvalue weighted by atomic mass is 19.3. The van der Waals surface area contributed by atoms with Crippen LogP contribution in [-0.4, -0.2) is 5.92 Å². The molecule has 0 fully saturated rings. The molecule has 0 unspecified atom stereocenters. The topological polar surface area (TPSA) is 0 Å². The SMILES string of the molecule is C\C=C(/C=C\C=C\c1ccc(C/C=C(/C)c2ccccc2C)cc1)C(C)(F)F. The first-order valence-electron chi connectivity index (χ1n) is 9.52. The highest BCUT2D eigenvalue weighted by Gasteiger charge is 2.24. The molecule has 2 rings (SSSR count). The third-order valence-electron chi connectivity index (χ3n) is 4.69. The van der Waals surface area contributed by atoms with Crippen molar-refractivity contribution in [3.05, 3.63) is 107 Å². The molecule has 0 nitrogen and oxygen atoms in total. The third kappa shape index (κ3) is 6.45. The lowest BCUT2D eigenvalue weighted by Crippen LogP contribution is -2.11. The van der Waals surface area contributed by atoms with E-state index in [0.29, 0.717) is 0 Å². The van der Waals surface area contributed by atoms with E-state index in [-0.39, 0.29) is 5.57 Å². The van der Waals surface area contributed by atoms with Gasteiger partial charge < -0.3 is 0 Å². The lowest BCUT2D eigenvalue weighted by atomic mass is 9.99. The molecule has 0 saturated heterocycles. The number of rotatable bonds is 7. The van der Waals surface area contributed by atoms with Gasteiger partial charge in [-0.3, -0.25) is 0 Å². The molecule has 2 aromatic carbocycles. The van der Waals surface area contributed by atoms with Gasteiger partial charge in [-0.2, -0.15) is 0 Å². The summed E-state index contributed by atoms with van der Waals surface area (Å²) in [7, 11) is 0. The number of hydrogen-bond donors (Lipinski definition) is 0. The molecule has 0 N–H and O–H groups in total. The van der Waals surface area contributed by atoms with Crippen LogP contribution < -0.4 is 0 Å². The number of hydrogen-bond acceptors (Lipinski definition) is 0. The van der Waals surface area contributed by atoms with E-state index in [1.807, 2.05) is 18.2 Å². The second-order valence-corrected chi connectivity index (χ2v) is 7.00. The van der Waals surface area contributed by atoms with Gasteiger partial charge >= 0.3 is 0 Å². The minimum Gasteiger partial charge on any atom is -0.202 e. The van der Waals surface area contributed by atoms with E-state index in [4.69, 9.17) is 0 Å². The van der Waals surface area contributed by atoms with Crippen molar-refractivity contribution >= 4 is 11.6 Å². The predicted molar refractivity (Wildman–Crippen MR) is 118 cm³/mol. The number of halogens is 2. The van der Waals surface area contributed by atoms with Gasteiger partial charge in [0.05, 0.1) is 0 Å². The summed E-state index contributed by atoms with van der Waals surface area (Å²) in [6, 6.07) is 16.7. The highest BCUT2D eigenvalue weighted by molar-refractivity contribution is 5.66. The molecule has 0 radical (unpaired) electrons. The Bertz CT molecular complexity index is 889. The van der Waals surface area contributed by atoms with E-state index in [9.17, 15) is 8.78 Å². The van der Waals surface area contributed by atoms with E-state index >= 15 is 0 Å². The summed E-state index contributed by atoms with van der Waals surface area (Å²) < 4.78 is 26.6. The second-order valence-electron chi connectivity index (χ2n) is 7.00. The fourth-order valence-electron chi connectivity index (χ4n) is 2.98. The standard InChI is InChI=1S/C26H28F2/c1-5-24(26(4,27)28)12-8-7-11-22-16-18-23(19-17-22)15-14-21(3)25-13-9-6-10-20(25)2/h5-14,16-19H,15H2,1-4H3/b11-7+,12-8-,21-14-,24-5+. The van der Waals surface area contributed by atoms with Crippen molar-refractivity contribution in [2.75, 3.05) is 0 Å². The van der Waals surface area contributed by atoms with E-state index in [1.165, 1.54) is 34.4 Å². The monoisotopic (exact) mass is 378 g/mol. The quantitative estimate of drug-likeness (QED) is 0.431. The lowest BCUT2D eigenvalue weighted by Gasteiger charge is -2.10. The molecule has 0 saturated carbocycles. The van der Waals surface area contributed by atoms with Gasteiger partial charge in [0.1, 0.15) is 0 Å². The maximum atomic E-state index is 13.3. The maximum Gasteiger partial charge on any atom is 0.270 e. The van der Waals surface area contributed by atoms with E-state index in [2.05, 4.69) is 56.3 Å². The summed E-state index contributed by atoms with van der Waals surface area (Å²) in [5.74, 6) is -2.81. The Balaban J connectivity index is 1.98. The minimum absolute atomic E-state index is 0.0170. The largest absolute Gasteiger partial charge is 0.270 e. The van der Waals surface area contributed by atoms with Crippen LogP contribution in [0.5, 0.6) is 0 Å². The number of allylic oxidation sites excluding steroid dienone is 7. The summed E-state index contributed by atoms with van der Waals surface area (Å²) in [6.45, 7) is 6.80. The van der Waals surface area contributed by atoms with E-state index < -0.39 is 5.92 Å². The maximum absolute atomic E-state index is 13.3. The van der Waals surface area contributed by atoms with Gasteiger partial charge in [0, 0.05) is 12.5 Å². The van der Waals surface area contributed by atoms with Crippen LogP contribution >= 0.6 is 0 Å². The first-order chi connectivity index (χ1) is 13.3. The van der Waals surface area contributed by atoms with Crippen LogP contribution in [0.4, 0.5) is 8.78 Å². The van der Waals surface area contributed by atoms with Crippen molar-refractivity contribution in [3.8, 4) is 0 Å². The number of aryl methyl sites for hydroxylation is 1. The van der Waals surface area contributed by atoms with Crippen molar-refractivity contribution in [2.24, 2.45) is 0 Å². The molecular formula is C26H28F2. The Kier molecular flexibility index (Phi) is 7.69. The summed E-state index contributed by atoms with van der Waals surface area (Å²) in [4.78, 5) is 0. The molecule has 0 spiro atoms. The summed E-state index contributed by atoms with van der Waals surface area (Å²) in [5, 5.41) is 0. The van der Waals surface area contributed by atoms with Crippen LogP contribution in [0.3, 0.4) is 0 Å². The Morgan fingerprint density at radius 3 is 2.29 bits per heavy atom. The van der Waals surface area contributed by atoms with Gasteiger partial charge in [-0.25, -0.2) is 8.78 Å². The molecule has 0 aliphatic heterocycles. The fourth-order valence-corrected chi connectivity index (χ4v) is 2.98. The predicted octanol–water partition coefficient (Wildman–Crippen LogP) is 7.81. The molecule has 0 aromatic heterocycles. The van der Waals surface area contributed by atoms with Crippen molar-refractivity contribution in [3.63, 3.8) is 0 Å². The lowest BCUT2D eigenvalue weighted by molar-refractivity contribution is 0.0673. The number of benzene rings is 2. The van der Waals surface area contributed by atoms with E-state index in [1.54, 1.807) is 19.1 Å². The average molecular weight is 379 g/mol. The molecule has 0 atom stereocenters. The molecule has 0 aliphatic rings. The molecular weight excluding hydrogens is 350 g/mol. The Hall–Kier alpha value is -2.74. The zero-order valence-corrected chi connectivity index (χ0v) is 17.0. The van der Waals surface area contributed by atoms with Gasteiger partial charge in [-0.1, -0.05) is 85.0 Å². The molecule has 2 aromatic rings. The third-order valence-corrected chi connectivity index (χ3v) is 4.69. The van der Waals surface area contributed by atoms with Gasteiger partial charge in [-0.05, 0) is 55.0 Å². The summed E-state index contributed by atoms with van der Waals surface area (Å²) >= 11 is 0. The van der Waals surface area contributed by atoms with E-state index in [0.717, 1.165) is 18.9 Å². The van der Waals surface area contributed by atoms with Gasteiger partial charge in [0.25, 0.3) is 5.92 Å². The van der Waals surface area contributed by atoms with Crippen molar-refractivity contribution < 1.29 is 8.78 Å². The highest BCUT2D eigenvalue weighted by Crippen LogP contribution is 2.24. The molecule has 0 amide bonds. The number of alkyl halides is 2. The fraction of sp³-hybridized carbons (Fsp3) is 0.231. The Morgan fingerprint density at radius 2 is 1.68 bits per heavy atom. The van der Waals surface area contributed by atoms with Crippen LogP contribution in [0.2, 0.25) is 0 Å². The van der Waals surface area contributed by atoms with Crippen molar-refractivity contribution in [2.45, 2.75) is 40.0 Å². The van der Waals surface area contributed by atoms with Crippen molar-refractivity contribution in [1.82, 2.24) is 0 Å². The van der Waals surface area contributed by atoms with Crippen LogP contribution in [0.1, 0.15) is 43.0 Å². The molecule has 146 valence electrons. The van der Waals surface area contributed by atoms with Crippen LogP contribution in [0.25, 0.3) is 11.6 Å². The van der Waals surface area contributed by atoms with Gasteiger partial charge in [0.2, 0.25) is 0 Å². The zero-order chi connectivity index (χ0) is 20.6. The average Bonchev–Trinajstić information content (AvgIpc) is 2.66. The second kappa shape index (κ2) is 9.98. The summed E-state index contributed by atoms with van der Waals surface area (Å²) in [6.07, 6.45) is 11.4. The van der Waals surface area contributed by atoms with Crippen molar-refractivity contribution in [1.29, 1.82) is 0 Å². The molecule has 28 heavy (non-hydrogen) atoms. The molecule has 0 aliphatic carbocycles. The smallest absolute Gasteiger partial charge is 0.202 e. The zero-order valence-electron chi connectivity index (χ0n) is 17.0. The minimum atomic E-state index is -2.81. The van der Waals surface area contributed by atoms with Crippen LogP contribution in [0, 0.1) is 6.92 Å². The molecule has 0 bridgehead atoms. The summed E-state index contributed by atoms with van der Waals surface area (Å²) in [5.41, 5.74) is 6.14. The van der Waals surface area contributed by atoms with Gasteiger partial charge in [-0.15, -0.1) is 0 Å². The Morgan fingerprint density at radius 1 is 1.00 bits per heavy atom. The van der Waals surface area contributed by atoms with Crippen LogP contribution in [-0.2, 0) is 6.42 Å². The van der Waals surface area contributed by atoms with Gasteiger partial charge in [0.15, 0.2) is 0 Å².